The van der Waals surface area contributed by atoms with Crippen LogP contribution < -0.4 is 10.6 Å². The molecule has 1 amide bonds. The molecule has 1 aromatic rings. The Kier molecular flexibility index (Phi) is 6.24. The van der Waals surface area contributed by atoms with Crippen molar-refractivity contribution in [3.63, 3.8) is 0 Å². The number of nitrogens with zero attached hydrogens (tertiary/aromatic N) is 2. The Morgan fingerprint density at radius 1 is 1.47 bits per heavy atom. The highest BCUT2D eigenvalue weighted by Crippen LogP contribution is 1.92. The molecule has 0 aliphatic heterocycles. The maximum absolute atomic E-state index is 11.4. The van der Waals surface area contributed by atoms with E-state index in [0.717, 1.165) is 13.0 Å². The number of hydrogen-bond acceptors (Lipinski definition) is 5. The number of aromatic nitrogens is 2. The zero-order valence-corrected chi connectivity index (χ0v) is 10.4. The average molecular weight is 240 g/mol. The number of amides is 1. The summed E-state index contributed by atoms with van der Waals surface area (Å²) in [6.07, 6.45) is 3.33. The lowest BCUT2D eigenvalue weighted by Crippen LogP contribution is -2.28. The number of nitrogens with one attached hydrogen (secondary N) is 2. The summed E-state index contributed by atoms with van der Waals surface area (Å²) >= 11 is 0. The van der Waals surface area contributed by atoms with Crippen LogP contribution >= 0.6 is 0 Å². The molecule has 17 heavy (non-hydrogen) atoms. The second kappa shape index (κ2) is 7.78. The van der Waals surface area contributed by atoms with Crippen molar-refractivity contribution in [3.05, 3.63) is 12.2 Å². The summed E-state index contributed by atoms with van der Waals surface area (Å²) < 4.78 is 4.82. The Bertz CT molecular complexity index is 311. The van der Waals surface area contributed by atoms with Gasteiger partial charge in [0.25, 0.3) is 0 Å². The van der Waals surface area contributed by atoms with Crippen LogP contribution in [0.2, 0.25) is 0 Å². The van der Waals surface area contributed by atoms with Gasteiger partial charge >= 0.3 is 0 Å². The Morgan fingerprint density at radius 3 is 2.94 bits per heavy atom. The molecule has 0 saturated heterocycles. The summed E-state index contributed by atoms with van der Waals surface area (Å²) in [5.41, 5.74) is 0. The van der Waals surface area contributed by atoms with E-state index in [4.69, 9.17) is 4.52 Å². The highest BCUT2D eigenvalue weighted by molar-refractivity contribution is 5.75. The maximum Gasteiger partial charge on any atom is 0.228 e. The molecular formula is C11H20N4O2. The van der Waals surface area contributed by atoms with E-state index in [1.165, 1.54) is 6.33 Å². The third-order valence-electron chi connectivity index (χ3n) is 2.20. The van der Waals surface area contributed by atoms with E-state index >= 15 is 0 Å². The van der Waals surface area contributed by atoms with Crippen LogP contribution in [0.3, 0.4) is 0 Å². The van der Waals surface area contributed by atoms with Crippen LogP contribution in [0.25, 0.3) is 0 Å². The Hall–Kier alpha value is -1.43. The lowest BCUT2D eigenvalue weighted by atomic mass is 10.2. The summed E-state index contributed by atoms with van der Waals surface area (Å²) in [5, 5.41) is 9.57. The van der Waals surface area contributed by atoms with Gasteiger partial charge in [-0.3, -0.25) is 4.79 Å². The normalized spacial score (nSPS) is 10.8. The summed E-state index contributed by atoms with van der Waals surface area (Å²) in [7, 11) is 0. The third kappa shape index (κ3) is 6.68. The lowest BCUT2D eigenvalue weighted by Gasteiger charge is -2.07. The maximum atomic E-state index is 11.4. The Morgan fingerprint density at radius 2 is 2.29 bits per heavy atom. The predicted octanol–water partition coefficient (Wildman–Crippen LogP) is 0.506. The Labute approximate surface area is 101 Å². The quantitative estimate of drug-likeness (QED) is 0.647. The predicted molar refractivity (Wildman–Crippen MR) is 63.4 cm³/mol. The van der Waals surface area contributed by atoms with E-state index in [2.05, 4.69) is 34.6 Å². The highest BCUT2D eigenvalue weighted by atomic mass is 16.5. The first-order chi connectivity index (χ1) is 8.18. The van der Waals surface area contributed by atoms with Gasteiger partial charge in [-0.25, -0.2) is 0 Å². The summed E-state index contributed by atoms with van der Waals surface area (Å²) in [6.45, 7) is 5.59. The lowest BCUT2D eigenvalue weighted by molar-refractivity contribution is -0.121. The van der Waals surface area contributed by atoms with Crippen molar-refractivity contribution in [1.82, 2.24) is 20.8 Å². The highest BCUT2D eigenvalue weighted by Gasteiger charge is 2.03. The standard InChI is InChI=1S/C11H20N4O2/c1-9(2)12-6-3-4-10(16)13-7-5-11-14-8-15-17-11/h8-9,12H,3-7H2,1-2H3,(H,13,16). The van der Waals surface area contributed by atoms with Crippen LogP contribution in [-0.4, -0.2) is 35.2 Å². The monoisotopic (exact) mass is 240 g/mol. The van der Waals surface area contributed by atoms with Gasteiger partial charge in [0.15, 0.2) is 6.33 Å². The van der Waals surface area contributed by atoms with Crippen LogP contribution in [0, 0.1) is 0 Å². The minimum absolute atomic E-state index is 0.0649. The number of rotatable bonds is 8. The minimum atomic E-state index is 0.0649. The van der Waals surface area contributed by atoms with E-state index in [1.807, 2.05) is 0 Å². The molecule has 0 spiro atoms. The second-order valence-electron chi connectivity index (χ2n) is 4.15. The van der Waals surface area contributed by atoms with Gasteiger partial charge in [0.05, 0.1) is 0 Å². The fourth-order valence-electron chi connectivity index (χ4n) is 1.34. The summed E-state index contributed by atoms with van der Waals surface area (Å²) in [4.78, 5) is 15.3. The first-order valence-corrected chi connectivity index (χ1v) is 5.94. The fourth-order valence-corrected chi connectivity index (χ4v) is 1.34. The molecule has 0 unspecified atom stereocenters. The van der Waals surface area contributed by atoms with Crippen LogP contribution in [-0.2, 0) is 11.2 Å². The molecule has 1 heterocycles. The molecule has 0 atom stereocenters. The summed E-state index contributed by atoms with van der Waals surface area (Å²) in [6, 6.07) is 0.468. The molecule has 2 N–H and O–H groups in total. The molecule has 6 heteroatoms. The molecule has 6 nitrogen and oxygen atoms in total. The van der Waals surface area contributed by atoms with Crippen molar-refractivity contribution in [2.24, 2.45) is 0 Å². The van der Waals surface area contributed by atoms with Crippen LogP contribution in [0.1, 0.15) is 32.6 Å². The molecule has 0 aromatic carbocycles. The van der Waals surface area contributed by atoms with Crippen LogP contribution in [0.15, 0.2) is 10.9 Å². The van der Waals surface area contributed by atoms with E-state index in [0.29, 0.717) is 31.3 Å². The molecule has 96 valence electrons. The smallest absolute Gasteiger partial charge is 0.228 e. The molecule has 1 aromatic heterocycles. The molecule has 0 bridgehead atoms. The van der Waals surface area contributed by atoms with E-state index < -0.39 is 0 Å². The van der Waals surface area contributed by atoms with Gasteiger partial charge in [-0.05, 0) is 13.0 Å². The van der Waals surface area contributed by atoms with Gasteiger partial charge in [0.1, 0.15) is 0 Å². The first kappa shape index (κ1) is 13.6. The van der Waals surface area contributed by atoms with Crippen LogP contribution in [0.4, 0.5) is 0 Å². The zero-order valence-electron chi connectivity index (χ0n) is 10.4. The molecule has 0 fully saturated rings. The van der Waals surface area contributed by atoms with Gasteiger partial charge in [0, 0.05) is 25.4 Å². The molecule has 1 rings (SSSR count). The number of carbonyl (C=O) groups excluding carboxylic acids is 1. The van der Waals surface area contributed by atoms with Crippen molar-refractivity contribution in [2.75, 3.05) is 13.1 Å². The molecular weight excluding hydrogens is 220 g/mol. The van der Waals surface area contributed by atoms with E-state index in [1.54, 1.807) is 0 Å². The third-order valence-corrected chi connectivity index (χ3v) is 2.20. The van der Waals surface area contributed by atoms with Crippen molar-refractivity contribution in [1.29, 1.82) is 0 Å². The van der Waals surface area contributed by atoms with Crippen LogP contribution in [0.5, 0.6) is 0 Å². The molecule has 0 saturated carbocycles. The average Bonchev–Trinajstić information content (AvgIpc) is 2.77. The fraction of sp³-hybridized carbons (Fsp3) is 0.727. The molecule has 0 radical (unpaired) electrons. The Balaban J connectivity index is 1.98. The SMILES string of the molecule is CC(C)NCCCC(=O)NCCc1ncno1. The molecule has 0 aliphatic rings. The summed E-state index contributed by atoms with van der Waals surface area (Å²) in [5.74, 6) is 0.613. The topological polar surface area (TPSA) is 80.0 Å². The number of hydrogen-bond donors (Lipinski definition) is 2. The minimum Gasteiger partial charge on any atom is -0.356 e. The van der Waals surface area contributed by atoms with E-state index in [-0.39, 0.29) is 5.91 Å². The second-order valence-corrected chi connectivity index (χ2v) is 4.15. The first-order valence-electron chi connectivity index (χ1n) is 5.94. The van der Waals surface area contributed by atoms with Crippen molar-refractivity contribution < 1.29 is 9.32 Å². The van der Waals surface area contributed by atoms with Gasteiger partial charge in [0.2, 0.25) is 11.8 Å². The van der Waals surface area contributed by atoms with Gasteiger partial charge < -0.3 is 15.2 Å². The van der Waals surface area contributed by atoms with E-state index in [9.17, 15) is 4.79 Å². The largest absolute Gasteiger partial charge is 0.356 e. The van der Waals surface area contributed by atoms with Crippen molar-refractivity contribution in [3.8, 4) is 0 Å². The zero-order chi connectivity index (χ0) is 12.5. The molecule has 0 aliphatic carbocycles. The van der Waals surface area contributed by atoms with Gasteiger partial charge in [-0.1, -0.05) is 19.0 Å². The van der Waals surface area contributed by atoms with Crippen molar-refractivity contribution >= 4 is 5.91 Å². The van der Waals surface area contributed by atoms with Crippen molar-refractivity contribution in [2.45, 2.75) is 39.2 Å². The van der Waals surface area contributed by atoms with Gasteiger partial charge in [-0.2, -0.15) is 4.98 Å². The van der Waals surface area contributed by atoms with Gasteiger partial charge in [-0.15, -0.1) is 0 Å². The number of carbonyl (C=O) groups is 1.